The van der Waals surface area contributed by atoms with E-state index in [1.807, 2.05) is 6.92 Å². The van der Waals surface area contributed by atoms with E-state index < -0.39 is 0 Å². The van der Waals surface area contributed by atoms with Gasteiger partial charge in [-0.25, -0.2) is 0 Å². The molecule has 2 fully saturated rings. The highest BCUT2D eigenvalue weighted by Gasteiger charge is 2.27. The van der Waals surface area contributed by atoms with Crippen LogP contribution in [0.2, 0.25) is 0 Å². The van der Waals surface area contributed by atoms with Crippen molar-refractivity contribution in [2.45, 2.75) is 51.3 Å². The van der Waals surface area contributed by atoms with Crippen molar-refractivity contribution in [3.63, 3.8) is 0 Å². The molecular formula is C14H25N3O3. The molecule has 2 aliphatic heterocycles. The highest BCUT2D eigenvalue weighted by atomic mass is 16.5. The second kappa shape index (κ2) is 7.04. The SMILES string of the molecule is C[C@@H]1CN(CC(=O)N[C@H]2CCCCNC2=O)[C@@H](C)CO1. The van der Waals surface area contributed by atoms with Gasteiger partial charge in [0.2, 0.25) is 11.8 Å². The van der Waals surface area contributed by atoms with E-state index in [1.54, 1.807) is 0 Å². The third-order valence-electron chi connectivity index (χ3n) is 3.95. The zero-order valence-electron chi connectivity index (χ0n) is 12.4. The minimum atomic E-state index is -0.376. The number of hydrogen-bond acceptors (Lipinski definition) is 4. The number of ether oxygens (including phenoxy) is 1. The Hall–Kier alpha value is -1.14. The van der Waals surface area contributed by atoms with Crippen molar-refractivity contribution in [1.29, 1.82) is 0 Å². The summed E-state index contributed by atoms with van der Waals surface area (Å²) in [6, 6.07) is -0.140. The lowest BCUT2D eigenvalue weighted by Gasteiger charge is -2.36. The molecule has 0 radical (unpaired) electrons. The minimum absolute atomic E-state index is 0.0563. The van der Waals surface area contributed by atoms with Crippen LogP contribution in [0.5, 0.6) is 0 Å². The molecule has 0 aliphatic carbocycles. The van der Waals surface area contributed by atoms with Crippen LogP contribution < -0.4 is 10.6 Å². The number of hydrogen-bond donors (Lipinski definition) is 2. The van der Waals surface area contributed by atoms with Crippen molar-refractivity contribution in [2.24, 2.45) is 0 Å². The molecule has 0 saturated carbocycles. The van der Waals surface area contributed by atoms with Gasteiger partial charge in [0.1, 0.15) is 6.04 Å². The molecule has 3 atom stereocenters. The monoisotopic (exact) mass is 283 g/mol. The first-order chi connectivity index (χ1) is 9.56. The fraction of sp³-hybridized carbons (Fsp3) is 0.857. The normalized spacial score (nSPS) is 32.3. The molecule has 0 unspecified atom stereocenters. The fourth-order valence-electron chi connectivity index (χ4n) is 2.69. The van der Waals surface area contributed by atoms with E-state index in [0.717, 1.165) is 25.8 Å². The summed E-state index contributed by atoms with van der Waals surface area (Å²) in [5.74, 6) is -0.132. The lowest BCUT2D eigenvalue weighted by Crippen LogP contribution is -2.53. The van der Waals surface area contributed by atoms with Crippen LogP contribution in [0.1, 0.15) is 33.1 Å². The number of carbonyl (C=O) groups is 2. The van der Waals surface area contributed by atoms with Crippen LogP contribution in [-0.4, -0.2) is 61.1 Å². The molecule has 0 spiro atoms. The summed E-state index contributed by atoms with van der Waals surface area (Å²) in [7, 11) is 0. The maximum Gasteiger partial charge on any atom is 0.242 e. The van der Waals surface area contributed by atoms with Gasteiger partial charge in [0.25, 0.3) is 0 Å². The molecule has 0 aromatic rings. The van der Waals surface area contributed by atoms with Gasteiger partial charge in [0.15, 0.2) is 0 Å². The molecule has 0 aromatic carbocycles. The second-order valence-electron chi connectivity index (χ2n) is 5.83. The summed E-state index contributed by atoms with van der Waals surface area (Å²) >= 11 is 0. The van der Waals surface area contributed by atoms with Crippen LogP contribution in [0.3, 0.4) is 0 Å². The van der Waals surface area contributed by atoms with Gasteiger partial charge >= 0.3 is 0 Å². The first kappa shape index (κ1) is 15.3. The maximum absolute atomic E-state index is 12.1. The Morgan fingerprint density at radius 2 is 2.25 bits per heavy atom. The number of nitrogens with zero attached hydrogens (tertiary/aromatic N) is 1. The standard InChI is InChI=1S/C14H25N3O3/c1-10-9-20-11(2)7-17(10)8-13(18)16-12-5-3-4-6-15-14(12)19/h10-12H,3-9H2,1-2H3,(H,15,19)(H,16,18)/t10-,11+,12-/m0/s1. The molecular weight excluding hydrogens is 258 g/mol. The smallest absolute Gasteiger partial charge is 0.242 e. The molecule has 2 N–H and O–H groups in total. The van der Waals surface area contributed by atoms with Gasteiger partial charge in [-0.2, -0.15) is 0 Å². The molecule has 2 rings (SSSR count). The largest absolute Gasteiger partial charge is 0.376 e. The highest BCUT2D eigenvalue weighted by molar-refractivity contribution is 5.88. The number of morpholine rings is 1. The number of rotatable bonds is 3. The van der Waals surface area contributed by atoms with E-state index in [4.69, 9.17) is 4.74 Å². The first-order valence-electron chi connectivity index (χ1n) is 7.49. The molecule has 2 heterocycles. The van der Waals surface area contributed by atoms with Crippen molar-refractivity contribution in [3.05, 3.63) is 0 Å². The Morgan fingerprint density at radius 3 is 3.05 bits per heavy atom. The van der Waals surface area contributed by atoms with E-state index in [0.29, 0.717) is 19.7 Å². The quantitative estimate of drug-likeness (QED) is 0.757. The Bertz CT molecular complexity index is 362. The van der Waals surface area contributed by atoms with Gasteiger partial charge in [-0.05, 0) is 33.1 Å². The van der Waals surface area contributed by atoms with Crippen LogP contribution in [0.25, 0.3) is 0 Å². The number of carbonyl (C=O) groups excluding carboxylic acids is 2. The first-order valence-corrected chi connectivity index (χ1v) is 7.49. The summed E-state index contributed by atoms with van der Waals surface area (Å²) in [6.07, 6.45) is 2.83. The van der Waals surface area contributed by atoms with Gasteiger partial charge in [-0.3, -0.25) is 14.5 Å². The van der Waals surface area contributed by atoms with Crippen molar-refractivity contribution in [3.8, 4) is 0 Å². The zero-order valence-corrected chi connectivity index (χ0v) is 12.4. The molecule has 6 heteroatoms. The number of nitrogens with one attached hydrogen (secondary N) is 2. The highest BCUT2D eigenvalue weighted by Crippen LogP contribution is 2.11. The summed E-state index contributed by atoms with van der Waals surface area (Å²) in [5, 5.41) is 5.69. The molecule has 20 heavy (non-hydrogen) atoms. The topological polar surface area (TPSA) is 70.7 Å². The average Bonchev–Trinajstić information content (AvgIpc) is 2.59. The third-order valence-corrected chi connectivity index (χ3v) is 3.95. The van der Waals surface area contributed by atoms with E-state index >= 15 is 0 Å². The van der Waals surface area contributed by atoms with Crippen molar-refractivity contribution in [2.75, 3.05) is 26.2 Å². The molecule has 2 amide bonds. The molecule has 114 valence electrons. The Morgan fingerprint density at radius 1 is 1.45 bits per heavy atom. The summed E-state index contributed by atoms with van der Waals surface area (Å²) in [4.78, 5) is 26.0. The van der Waals surface area contributed by atoms with E-state index in [-0.39, 0.29) is 30.0 Å². The average molecular weight is 283 g/mol. The zero-order chi connectivity index (χ0) is 14.5. The molecule has 2 saturated heterocycles. The van der Waals surface area contributed by atoms with Crippen molar-refractivity contribution >= 4 is 11.8 Å². The van der Waals surface area contributed by atoms with E-state index in [2.05, 4.69) is 22.5 Å². The van der Waals surface area contributed by atoms with Crippen LogP contribution >= 0.6 is 0 Å². The summed E-state index contributed by atoms with van der Waals surface area (Å²) in [6.45, 7) is 6.51. The maximum atomic E-state index is 12.1. The Labute approximate surface area is 120 Å². The molecule has 6 nitrogen and oxygen atoms in total. The molecule has 0 bridgehead atoms. The van der Waals surface area contributed by atoms with Crippen molar-refractivity contribution in [1.82, 2.24) is 15.5 Å². The fourth-order valence-corrected chi connectivity index (χ4v) is 2.69. The minimum Gasteiger partial charge on any atom is -0.376 e. The van der Waals surface area contributed by atoms with Gasteiger partial charge in [0, 0.05) is 19.1 Å². The second-order valence-corrected chi connectivity index (χ2v) is 5.83. The van der Waals surface area contributed by atoms with Gasteiger partial charge in [-0.1, -0.05) is 0 Å². The molecule has 2 aliphatic rings. The van der Waals surface area contributed by atoms with E-state index in [1.165, 1.54) is 0 Å². The lowest BCUT2D eigenvalue weighted by atomic mass is 10.1. The number of amides is 2. The van der Waals surface area contributed by atoms with Crippen LogP contribution in [0.15, 0.2) is 0 Å². The molecule has 0 aromatic heterocycles. The summed E-state index contributed by atoms with van der Waals surface area (Å²) < 4.78 is 5.55. The predicted octanol–water partition coefficient (Wildman–Crippen LogP) is -0.119. The Balaban J connectivity index is 1.83. The summed E-state index contributed by atoms with van der Waals surface area (Å²) in [5.41, 5.74) is 0. The predicted molar refractivity (Wildman–Crippen MR) is 75.2 cm³/mol. The van der Waals surface area contributed by atoms with Gasteiger partial charge in [0.05, 0.1) is 19.3 Å². The van der Waals surface area contributed by atoms with Crippen LogP contribution in [0, 0.1) is 0 Å². The lowest BCUT2D eigenvalue weighted by molar-refractivity contribution is -0.131. The van der Waals surface area contributed by atoms with Gasteiger partial charge < -0.3 is 15.4 Å². The third kappa shape index (κ3) is 4.18. The Kier molecular flexibility index (Phi) is 5.37. The van der Waals surface area contributed by atoms with E-state index in [9.17, 15) is 9.59 Å². The van der Waals surface area contributed by atoms with Crippen LogP contribution in [-0.2, 0) is 14.3 Å². The van der Waals surface area contributed by atoms with Gasteiger partial charge in [-0.15, -0.1) is 0 Å². The van der Waals surface area contributed by atoms with Crippen molar-refractivity contribution < 1.29 is 14.3 Å². The van der Waals surface area contributed by atoms with Crippen LogP contribution in [0.4, 0.5) is 0 Å².